The van der Waals surface area contributed by atoms with Crippen molar-refractivity contribution < 1.29 is 14.3 Å². The van der Waals surface area contributed by atoms with Crippen molar-refractivity contribution in [3.63, 3.8) is 0 Å². The smallest absolute Gasteiger partial charge is 0.293 e. The highest BCUT2D eigenvalue weighted by Crippen LogP contribution is 2.25. The zero-order valence-corrected chi connectivity index (χ0v) is 20.8. The monoisotopic (exact) mass is 442 g/mol. The van der Waals surface area contributed by atoms with Crippen molar-refractivity contribution in [3.05, 3.63) is 28.8 Å². The minimum Gasteiger partial charge on any atom is -0.493 e. The Labute approximate surface area is 189 Å². The fourth-order valence-electron chi connectivity index (χ4n) is 3.09. The molecule has 0 aromatic heterocycles. The first-order valence-electron chi connectivity index (χ1n) is 11.2. The molecule has 2 rings (SSSR count). The van der Waals surface area contributed by atoms with E-state index in [9.17, 15) is 4.79 Å². The molecule has 0 amide bonds. The number of carbonyl (C=O) groups is 1. The van der Waals surface area contributed by atoms with Crippen LogP contribution in [0.2, 0.25) is 5.02 Å². The molecule has 0 saturated carbocycles. The van der Waals surface area contributed by atoms with Crippen LogP contribution in [0.25, 0.3) is 0 Å². The standard InChI is InChI=1S/C17H27ClN2O.C5H10O2.C2H6/c1-3-10-21-17-5-4-16(18)11-15(17)7-9-20-8-6-14(13-20)12-19-2;1-5(2,3)7-4-6;1-2/h4-5,11,14,19H,3,6-10,12-13H2,1-2H3;4H,1-3H3;1-2H3. The Kier molecular flexibility index (Phi) is 15.7. The number of nitrogens with zero attached hydrogens (tertiary/aromatic N) is 1. The van der Waals surface area contributed by atoms with E-state index >= 15 is 0 Å². The summed E-state index contributed by atoms with van der Waals surface area (Å²) in [5, 5.41) is 4.07. The lowest BCUT2D eigenvalue weighted by Crippen LogP contribution is -2.26. The van der Waals surface area contributed by atoms with Gasteiger partial charge in [-0.05, 0) is 89.9 Å². The molecule has 0 bridgehead atoms. The number of ether oxygens (including phenoxy) is 2. The summed E-state index contributed by atoms with van der Waals surface area (Å²) in [5.41, 5.74) is 0.912. The highest BCUT2D eigenvalue weighted by Gasteiger charge is 2.21. The van der Waals surface area contributed by atoms with Gasteiger partial charge in [0.2, 0.25) is 0 Å². The zero-order chi connectivity index (χ0) is 23.0. The maximum absolute atomic E-state index is 9.60. The van der Waals surface area contributed by atoms with E-state index in [2.05, 4.69) is 21.9 Å². The van der Waals surface area contributed by atoms with Gasteiger partial charge in [0.05, 0.1) is 6.61 Å². The van der Waals surface area contributed by atoms with Gasteiger partial charge in [0, 0.05) is 18.1 Å². The summed E-state index contributed by atoms with van der Waals surface area (Å²) in [4.78, 5) is 12.1. The van der Waals surface area contributed by atoms with Crippen LogP contribution in [0.15, 0.2) is 18.2 Å². The molecule has 30 heavy (non-hydrogen) atoms. The first-order chi connectivity index (χ1) is 14.3. The van der Waals surface area contributed by atoms with Gasteiger partial charge in [0.1, 0.15) is 11.4 Å². The highest BCUT2D eigenvalue weighted by atomic mass is 35.5. The van der Waals surface area contributed by atoms with Crippen molar-refractivity contribution in [3.8, 4) is 5.75 Å². The highest BCUT2D eigenvalue weighted by molar-refractivity contribution is 6.30. The van der Waals surface area contributed by atoms with Crippen LogP contribution in [-0.4, -0.2) is 56.8 Å². The lowest BCUT2D eigenvalue weighted by atomic mass is 10.1. The summed E-state index contributed by atoms with van der Waals surface area (Å²) in [7, 11) is 2.03. The Morgan fingerprint density at radius 2 is 2.00 bits per heavy atom. The third kappa shape index (κ3) is 13.1. The topological polar surface area (TPSA) is 50.8 Å². The van der Waals surface area contributed by atoms with Gasteiger partial charge in [-0.1, -0.05) is 32.4 Å². The van der Waals surface area contributed by atoms with Crippen molar-refractivity contribution in [1.82, 2.24) is 10.2 Å². The number of hydrogen-bond donors (Lipinski definition) is 1. The molecule has 1 heterocycles. The summed E-state index contributed by atoms with van der Waals surface area (Å²) >= 11 is 6.13. The molecule has 1 aromatic carbocycles. The Morgan fingerprint density at radius 1 is 1.30 bits per heavy atom. The van der Waals surface area contributed by atoms with Crippen molar-refractivity contribution in [1.29, 1.82) is 0 Å². The average Bonchev–Trinajstić information content (AvgIpc) is 3.14. The largest absolute Gasteiger partial charge is 0.493 e. The van der Waals surface area contributed by atoms with Gasteiger partial charge in [0.25, 0.3) is 6.47 Å². The normalized spacial score (nSPS) is 16.1. The van der Waals surface area contributed by atoms with E-state index < -0.39 is 0 Å². The Hall–Kier alpha value is -1.30. The van der Waals surface area contributed by atoms with E-state index in [-0.39, 0.29) is 5.60 Å². The molecule has 1 saturated heterocycles. The van der Waals surface area contributed by atoms with E-state index in [0.717, 1.165) is 49.2 Å². The van der Waals surface area contributed by atoms with Crippen LogP contribution in [0, 0.1) is 5.92 Å². The van der Waals surface area contributed by atoms with Crippen LogP contribution in [0.3, 0.4) is 0 Å². The third-order valence-electron chi connectivity index (χ3n) is 4.45. The van der Waals surface area contributed by atoms with Crippen LogP contribution >= 0.6 is 11.6 Å². The van der Waals surface area contributed by atoms with Crippen molar-refractivity contribution in [2.45, 2.75) is 66.4 Å². The number of hydrogen-bond acceptors (Lipinski definition) is 5. The minimum atomic E-state index is -0.318. The first-order valence-corrected chi connectivity index (χ1v) is 11.6. The number of rotatable bonds is 9. The van der Waals surface area contributed by atoms with Crippen molar-refractivity contribution in [2.75, 3.05) is 39.8 Å². The predicted octanol–water partition coefficient (Wildman–Crippen LogP) is 5.20. The van der Waals surface area contributed by atoms with Gasteiger partial charge in [-0.2, -0.15) is 0 Å². The molecule has 1 aliphatic rings. The third-order valence-corrected chi connectivity index (χ3v) is 4.68. The predicted molar refractivity (Wildman–Crippen MR) is 128 cm³/mol. The Bertz CT molecular complexity index is 576. The summed E-state index contributed by atoms with van der Waals surface area (Å²) < 4.78 is 10.4. The number of halogens is 1. The van der Waals surface area contributed by atoms with E-state index in [1.807, 2.05) is 59.9 Å². The lowest BCUT2D eigenvalue weighted by Gasteiger charge is -2.17. The number of benzene rings is 1. The molecule has 1 fully saturated rings. The van der Waals surface area contributed by atoms with Crippen LogP contribution in [-0.2, 0) is 16.0 Å². The molecule has 1 aliphatic heterocycles. The molecule has 1 N–H and O–H groups in total. The van der Waals surface area contributed by atoms with E-state index in [0.29, 0.717) is 6.47 Å². The van der Waals surface area contributed by atoms with Gasteiger partial charge in [-0.25, -0.2) is 0 Å². The average molecular weight is 443 g/mol. The maximum atomic E-state index is 9.60. The van der Waals surface area contributed by atoms with Crippen LogP contribution in [0.5, 0.6) is 5.75 Å². The number of nitrogens with one attached hydrogen (secondary N) is 1. The fourth-order valence-corrected chi connectivity index (χ4v) is 3.29. The quantitative estimate of drug-likeness (QED) is 0.533. The van der Waals surface area contributed by atoms with Gasteiger partial charge in [-0.3, -0.25) is 4.79 Å². The SMILES string of the molecule is CC.CC(C)(C)OC=O.CCCOc1ccc(Cl)cc1CCN1CCC(CNC)C1. The summed E-state index contributed by atoms with van der Waals surface area (Å²) in [6.07, 6.45) is 3.33. The zero-order valence-electron chi connectivity index (χ0n) is 20.1. The molecular weight excluding hydrogens is 400 g/mol. The Balaban J connectivity index is 0.000000795. The molecule has 5 nitrogen and oxygen atoms in total. The van der Waals surface area contributed by atoms with E-state index in [4.69, 9.17) is 16.3 Å². The second-order valence-corrected chi connectivity index (χ2v) is 8.63. The molecule has 174 valence electrons. The molecular formula is C24H43ClN2O3. The molecule has 6 heteroatoms. The maximum Gasteiger partial charge on any atom is 0.293 e. The number of carbonyl (C=O) groups excluding carboxylic acids is 1. The molecule has 0 spiro atoms. The second-order valence-electron chi connectivity index (χ2n) is 8.19. The second kappa shape index (κ2) is 16.4. The summed E-state index contributed by atoms with van der Waals surface area (Å²) in [6, 6.07) is 5.96. The lowest BCUT2D eigenvalue weighted by molar-refractivity contribution is -0.138. The van der Waals surface area contributed by atoms with Crippen molar-refractivity contribution in [2.24, 2.45) is 5.92 Å². The molecule has 0 aliphatic carbocycles. The molecule has 1 atom stereocenters. The van der Waals surface area contributed by atoms with Crippen LogP contribution < -0.4 is 10.1 Å². The van der Waals surface area contributed by atoms with Crippen LogP contribution in [0.4, 0.5) is 0 Å². The minimum absolute atomic E-state index is 0.318. The summed E-state index contributed by atoms with van der Waals surface area (Å²) in [6.45, 7) is 17.4. The van der Waals surface area contributed by atoms with Gasteiger partial charge in [0.15, 0.2) is 0 Å². The molecule has 0 radical (unpaired) electrons. The van der Waals surface area contributed by atoms with Crippen molar-refractivity contribution >= 4 is 18.1 Å². The Morgan fingerprint density at radius 3 is 2.53 bits per heavy atom. The van der Waals surface area contributed by atoms with Gasteiger partial charge in [-0.15, -0.1) is 0 Å². The number of likely N-dealkylation sites (tertiary alicyclic amines) is 1. The first kappa shape index (κ1) is 28.7. The van der Waals surface area contributed by atoms with Gasteiger partial charge < -0.3 is 19.7 Å². The van der Waals surface area contributed by atoms with E-state index in [1.165, 1.54) is 25.1 Å². The fraction of sp³-hybridized carbons (Fsp3) is 0.708. The molecule has 1 aromatic rings. The van der Waals surface area contributed by atoms with Crippen LogP contribution in [0.1, 0.15) is 59.9 Å². The van der Waals surface area contributed by atoms with E-state index in [1.54, 1.807) is 0 Å². The van der Waals surface area contributed by atoms with Gasteiger partial charge >= 0.3 is 0 Å². The molecule has 1 unspecified atom stereocenters. The summed E-state index contributed by atoms with van der Waals surface area (Å²) in [5.74, 6) is 1.79.